The van der Waals surface area contributed by atoms with Crippen molar-refractivity contribution in [3.05, 3.63) is 64.2 Å². The van der Waals surface area contributed by atoms with E-state index in [1.54, 1.807) is 12.1 Å². The molecule has 2 nitrogen and oxygen atoms in total. The Hall–Kier alpha value is -2.51. The Morgan fingerprint density at radius 1 is 0.852 bits per heavy atom. The van der Waals surface area contributed by atoms with E-state index < -0.39 is 35.0 Å². The van der Waals surface area contributed by atoms with Gasteiger partial charge in [-0.05, 0) is 61.1 Å². The summed E-state index contributed by atoms with van der Waals surface area (Å²) in [6.45, 7) is 0. The van der Waals surface area contributed by atoms with E-state index in [9.17, 15) is 31.1 Å². The molecule has 0 aromatic heterocycles. The quantitative estimate of drug-likeness (QED) is 0.643. The van der Waals surface area contributed by atoms with E-state index in [2.05, 4.69) is 5.32 Å². The minimum Gasteiger partial charge on any atom is -0.322 e. The van der Waals surface area contributed by atoms with Crippen molar-refractivity contribution in [1.29, 1.82) is 0 Å². The highest BCUT2D eigenvalue weighted by Gasteiger charge is 2.37. The molecule has 27 heavy (non-hydrogen) atoms. The molecule has 1 N–H and O–H groups in total. The lowest BCUT2D eigenvalue weighted by molar-refractivity contribution is -0.143. The minimum atomic E-state index is -5.00. The van der Waals surface area contributed by atoms with E-state index in [1.807, 2.05) is 6.07 Å². The summed E-state index contributed by atoms with van der Waals surface area (Å²) in [5.41, 5.74) is -1.40. The van der Waals surface area contributed by atoms with E-state index in [1.165, 1.54) is 0 Å². The summed E-state index contributed by atoms with van der Waals surface area (Å²) < 4.78 is 77.7. The smallest absolute Gasteiger partial charge is 0.322 e. The summed E-state index contributed by atoms with van der Waals surface area (Å²) in [6, 6.07) is 6.06. The molecule has 0 atom stereocenters. The van der Waals surface area contributed by atoms with Crippen LogP contribution in [0.3, 0.4) is 0 Å². The lowest BCUT2D eigenvalue weighted by atomic mass is 9.90. The van der Waals surface area contributed by atoms with Crippen LogP contribution in [0, 0.1) is 0 Å². The van der Waals surface area contributed by atoms with Crippen molar-refractivity contribution in [3.8, 4) is 0 Å². The Balaban J connectivity index is 1.98. The van der Waals surface area contributed by atoms with Crippen LogP contribution in [0.1, 0.15) is 45.5 Å². The SMILES string of the molecule is O=C(Nc1cccc2c1CCCC2)c1cc(C(F)(F)F)cc(C(F)(F)F)c1. The van der Waals surface area contributed by atoms with Gasteiger partial charge in [0.25, 0.3) is 5.91 Å². The third-order valence-electron chi connectivity index (χ3n) is 4.49. The van der Waals surface area contributed by atoms with Crippen molar-refractivity contribution >= 4 is 11.6 Å². The molecule has 0 aliphatic heterocycles. The molecule has 1 aliphatic carbocycles. The van der Waals surface area contributed by atoms with Crippen LogP contribution in [0.2, 0.25) is 0 Å². The van der Waals surface area contributed by atoms with Gasteiger partial charge in [-0.2, -0.15) is 26.3 Å². The fourth-order valence-corrected chi connectivity index (χ4v) is 3.18. The number of carbonyl (C=O) groups excluding carboxylic acids is 1. The zero-order chi connectivity index (χ0) is 19.8. The molecule has 2 aromatic rings. The number of amides is 1. The fraction of sp³-hybridized carbons (Fsp3) is 0.316. The molecule has 0 fully saturated rings. The third-order valence-corrected chi connectivity index (χ3v) is 4.49. The predicted octanol–water partition coefficient (Wildman–Crippen LogP) is 5.86. The van der Waals surface area contributed by atoms with Crippen molar-refractivity contribution in [2.75, 3.05) is 5.32 Å². The molecule has 1 aliphatic rings. The van der Waals surface area contributed by atoms with Crippen LogP contribution in [0.5, 0.6) is 0 Å². The Bertz CT molecular complexity index is 837. The summed E-state index contributed by atoms with van der Waals surface area (Å²) >= 11 is 0. The molecule has 0 saturated carbocycles. The second kappa shape index (κ2) is 6.90. The van der Waals surface area contributed by atoms with Crippen LogP contribution < -0.4 is 5.32 Å². The Morgan fingerprint density at radius 3 is 2.04 bits per heavy atom. The number of hydrogen-bond donors (Lipinski definition) is 1. The highest BCUT2D eigenvalue weighted by Crippen LogP contribution is 2.36. The first-order chi connectivity index (χ1) is 12.6. The van der Waals surface area contributed by atoms with Crippen molar-refractivity contribution in [3.63, 3.8) is 0 Å². The lowest BCUT2D eigenvalue weighted by Crippen LogP contribution is -2.18. The average molecular weight is 387 g/mol. The minimum absolute atomic E-state index is 0.00115. The van der Waals surface area contributed by atoms with Gasteiger partial charge in [-0.1, -0.05) is 12.1 Å². The van der Waals surface area contributed by atoms with E-state index in [0.29, 0.717) is 24.2 Å². The number of fused-ring (bicyclic) bond motifs is 1. The summed E-state index contributed by atoms with van der Waals surface area (Å²) in [4.78, 5) is 12.4. The van der Waals surface area contributed by atoms with Gasteiger partial charge < -0.3 is 5.32 Å². The van der Waals surface area contributed by atoms with Gasteiger partial charge in [0.15, 0.2) is 0 Å². The molecule has 0 spiro atoms. The van der Waals surface area contributed by atoms with Gasteiger partial charge in [-0.15, -0.1) is 0 Å². The number of rotatable bonds is 2. The van der Waals surface area contributed by atoms with Gasteiger partial charge in [0, 0.05) is 11.3 Å². The number of aryl methyl sites for hydroxylation is 1. The maximum Gasteiger partial charge on any atom is 0.416 e. The third kappa shape index (κ3) is 4.26. The average Bonchev–Trinajstić information content (AvgIpc) is 2.60. The first kappa shape index (κ1) is 19.3. The zero-order valence-corrected chi connectivity index (χ0v) is 14.0. The van der Waals surface area contributed by atoms with Crippen LogP contribution in [-0.2, 0) is 25.2 Å². The number of benzene rings is 2. The largest absolute Gasteiger partial charge is 0.416 e. The summed E-state index contributed by atoms with van der Waals surface area (Å²) in [6.07, 6.45) is -6.58. The van der Waals surface area contributed by atoms with E-state index in [-0.39, 0.29) is 6.07 Å². The van der Waals surface area contributed by atoms with E-state index >= 15 is 0 Å². The molecule has 2 aromatic carbocycles. The second-order valence-corrected chi connectivity index (χ2v) is 6.40. The van der Waals surface area contributed by atoms with Gasteiger partial charge >= 0.3 is 12.4 Å². The van der Waals surface area contributed by atoms with Crippen molar-refractivity contribution in [2.24, 2.45) is 0 Å². The highest BCUT2D eigenvalue weighted by atomic mass is 19.4. The fourth-order valence-electron chi connectivity index (χ4n) is 3.18. The molecular weight excluding hydrogens is 372 g/mol. The Morgan fingerprint density at radius 2 is 1.44 bits per heavy atom. The van der Waals surface area contributed by atoms with E-state index in [0.717, 1.165) is 30.4 Å². The van der Waals surface area contributed by atoms with Crippen LogP contribution in [-0.4, -0.2) is 5.91 Å². The monoisotopic (exact) mass is 387 g/mol. The van der Waals surface area contributed by atoms with Crippen molar-refractivity contribution in [1.82, 2.24) is 0 Å². The molecule has 0 saturated heterocycles. The number of hydrogen-bond acceptors (Lipinski definition) is 1. The maximum absolute atomic E-state index is 13.0. The number of nitrogens with one attached hydrogen (secondary N) is 1. The number of anilines is 1. The van der Waals surface area contributed by atoms with Crippen molar-refractivity contribution in [2.45, 2.75) is 38.0 Å². The molecule has 144 valence electrons. The molecule has 3 rings (SSSR count). The van der Waals surface area contributed by atoms with Crippen LogP contribution >= 0.6 is 0 Å². The summed E-state index contributed by atoms with van der Waals surface area (Å²) in [7, 11) is 0. The summed E-state index contributed by atoms with van der Waals surface area (Å²) in [5, 5.41) is 2.47. The molecule has 0 unspecified atom stereocenters. The Kier molecular flexibility index (Phi) is 4.92. The first-order valence-corrected chi connectivity index (χ1v) is 8.27. The molecule has 0 bridgehead atoms. The molecular formula is C19H15F6NO. The number of alkyl halides is 6. The van der Waals surface area contributed by atoms with Gasteiger partial charge in [0.05, 0.1) is 11.1 Å². The van der Waals surface area contributed by atoms with Crippen molar-refractivity contribution < 1.29 is 31.1 Å². The van der Waals surface area contributed by atoms with Gasteiger partial charge in [0.1, 0.15) is 0 Å². The first-order valence-electron chi connectivity index (χ1n) is 8.27. The predicted molar refractivity (Wildman–Crippen MR) is 87.5 cm³/mol. The zero-order valence-electron chi connectivity index (χ0n) is 14.0. The van der Waals surface area contributed by atoms with Crippen LogP contribution in [0.25, 0.3) is 0 Å². The second-order valence-electron chi connectivity index (χ2n) is 6.40. The molecule has 0 heterocycles. The number of halogens is 6. The molecule has 8 heteroatoms. The van der Waals surface area contributed by atoms with Gasteiger partial charge in [-0.3, -0.25) is 4.79 Å². The molecule has 0 radical (unpaired) electrons. The van der Waals surface area contributed by atoms with Crippen LogP contribution in [0.4, 0.5) is 32.0 Å². The van der Waals surface area contributed by atoms with Gasteiger partial charge in [0.2, 0.25) is 0 Å². The van der Waals surface area contributed by atoms with Gasteiger partial charge in [-0.25, -0.2) is 0 Å². The maximum atomic E-state index is 13.0. The summed E-state index contributed by atoms with van der Waals surface area (Å²) in [5.74, 6) is -1.01. The lowest BCUT2D eigenvalue weighted by Gasteiger charge is -2.20. The Labute approximate surface area is 151 Å². The number of carbonyl (C=O) groups is 1. The van der Waals surface area contributed by atoms with Crippen LogP contribution in [0.15, 0.2) is 36.4 Å². The normalized spacial score (nSPS) is 14.6. The topological polar surface area (TPSA) is 29.1 Å². The van der Waals surface area contributed by atoms with E-state index in [4.69, 9.17) is 0 Å². The molecule has 1 amide bonds. The highest BCUT2D eigenvalue weighted by molar-refractivity contribution is 6.05. The standard InChI is InChI=1S/C19H15F6NO/c20-18(21,22)13-8-12(9-14(10-13)19(23,24)25)17(27)26-16-7-3-5-11-4-1-2-6-15(11)16/h3,5,7-10H,1-2,4,6H2,(H,26,27).